The number of carbonyl (C=O) groups excluding carboxylic acids is 2. The van der Waals surface area contributed by atoms with E-state index in [1.165, 1.54) is 13.5 Å². The molecule has 0 spiro atoms. The van der Waals surface area contributed by atoms with Crippen LogP contribution in [0.4, 0.5) is 0 Å². The van der Waals surface area contributed by atoms with E-state index < -0.39 is 6.04 Å². The lowest BCUT2D eigenvalue weighted by atomic mass is 9.84. The van der Waals surface area contributed by atoms with Crippen molar-refractivity contribution >= 4 is 11.9 Å². The molecule has 3 rings (SSSR count). The third kappa shape index (κ3) is 4.02. The van der Waals surface area contributed by atoms with E-state index in [4.69, 9.17) is 9.47 Å². The molecule has 2 fully saturated rings. The van der Waals surface area contributed by atoms with Crippen molar-refractivity contribution in [3.05, 3.63) is 29.8 Å². The van der Waals surface area contributed by atoms with Gasteiger partial charge in [-0.15, -0.1) is 0 Å². The molecule has 1 aromatic rings. The number of hydrogen-bond acceptors (Lipinski definition) is 4. The summed E-state index contributed by atoms with van der Waals surface area (Å²) in [5.74, 6) is 1.09. The molecule has 5 nitrogen and oxygen atoms in total. The Bertz CT molecular complexity index is 645. The quantitative estimate of drug-likeness (QED) is 0.576. The lowest BCUT2D eigenvalue weighted by Gasteiger charge is -2.33. The van der Waals surface area contributed by atoms with Gasteiger partial charge in [-0.2, -0.15) is 0 Å². The van der Waals surface area contributed by atoms with Crippen molar-refractivity contribution in [1.29, 1.82) is 0 Å². The second-order valence-corrected chi connectivity index (χ2v) is 7.41. The minimum Gasteiger partial charge on any atom is -0.493 e. The number of ether oxygens (including phenoxy) is 2. The predicted molar refractivity (Wildman–Crippen MR) is 98.9 cm³/mol. The number of rotatable bonds is 6. The molecule has 3 atom stereocenters. The summed E-state index contributed by atoms with van der Waals surface area (Å²) in [6.07, 6.45) is 6.25. The Morgan fingerprint density at radius 1 is 1.19 bits per heavy atom. The molecule has 0 radical (unpaired) electrons. The molecule has 1 aliphatic heterocycles. The maximum Gasteiger partial charge on any atom is 0.328 e. The molecule has 1 aliphatic carbocycles. The highest BCUT2D eigenvalue weighted by atomic mass is 16.5. The van der Waals surface area contributed by atoms with E-state index in [2.05, 4.69) is 0 Å². The lowest BCUT2D eigenvalue weighted by Crippen LogP contribution is -2.46. The Morgan fingerprint density at radius 3 is 2.73 bits per heavy atom. The van der Waals surface area contributed by atoms with Gasteiger partial charge in [-0.05, 0) is 50.2 Å². The van der Waals surface area contributed by atoms with Gasteiger partial charge in [0.25, 0.3) is 0 Å². The number of esters is 1. The third-order valence-corrected chi connectivity index (χ3v) is 5.74. The second kappa shape index (κ2) is 8.56. The SMILES string of the molecule is COC(=O)C1CC2CCCCC2N1C(=O)CCCOc1ccccc1C. The number of carbonyl (C=O) groups is 2. The van der Waals surface area contributed by atoms with Crippen LogP contribution in [0.3, 0.4) is 0 Å². The fourth-order valence-electron chi connectivity index (χ4n) is 4.42. The normalized spacial score (nSPS) is 24.8. The van der Waals surface area contributed by atoms with E-state index in [1.54, 1.807) is 0 Å². The standard InChI is InChI=1S/C21H29NO4/c1-15-8-3-6-11-19(15)26-13-7-12-20(23)22-17-10-5-4-9-16(17)14-18(22)21(24)25-2/h3,6,8,11,16-18H,4-5,7,9-10,12-14H2,1-2H3. The van der Waals surface area contributed by atoms with Crippen LogP contribution in [0.15, 0.2) is 24.3 Å². The van der Waals surface area contributed by atoms with Gasteiger partial charge < -0.3 is 14.4 Å². The second-order valence-electron chi connectivity index (χ2n) is 7.41. The fourth-order valence-corrected chi connectivity index (χ4v) is 4.42. The van der Waals surface area contributed by atoms with Crippen molar-refractivity contribution in [2.24, 2.45) is 5.92 Å². The summed E-state index contributed by atoms with van der Waals surface area (Å²) < 4.78 is 10.7. The highest BCUT2D eigenvalue weighted by Gasteiger charge is 2.47. The van der Waals surface area contributed by atoms with Gasteiger partial charge in [0.15, 0.2) is 0 Å². The van der Waals surface area contributed by atoms with Crippen LogP contribution in [0.2, 0.25) is 0 Å². The molecule has 1 heterocycles. The molecular formula is C21H29NO4. The van der Waals surface area contributed by atoms with E-state index in [1.807, 2.05) is 36.1 Å². The first-order valence-electron chi connectivity index (χ1n) is 9.69. The van der Waals surface area contributed by atoms with E-state index >= 15 is 0 Å². The van der Waals surface area contributed by atoms with Crippen LogP contribution in [0.25, 0.3) is 0 Å². The highest BCUT2D eigenvalue weighted by molar-refractivity contribution is 5.85. The minimum absolute atomic E-state index is 0.0585. The van der Waals surface area contributed by atoms with Crippen molar-refractivity contribution in [2.45, 2.75) is 64.0 Å². The number of methoxy groups -OCH3 is 1. The van der Waals surface area contributed by atoms with Crippen molar-refractivity contribution in [3.63, 3.8) is 0 Å². The van der Waals surface area contributed by atoms with E-state index in [-0.39, 0.29) is 17.9 Å². The first kappa shape index (κ1) is 18.7. The fraction of sp³-hybridized carbons (Fsp3) is 0.619. The zero-order valence-electron chi connectivity index (χ0n) is 15.8. The summed E-state index contributed by atoms with van der Waals surface area (Å²) in [5.41, 5.74) is 1.09. The van der Waals surface area contributed by atoms with Crippen LogP contribution < -0.4 is 4.74 Å². The Hall–Kier alpha value is -2.04. The van der Waals surface area contributed by atoms with Crippen LogP contribution in [0.1, 0.15) is 50.5 Å². The topological polar surface area (TPSA) is 55.8 Å². The number of hydrogen-bond donors (Lipinski definition) is 0. The van der Waals surface area contributed by atoms with E-state index in [0.717, 1.165) is 37.0 Å². The minimum atomic E-state index is -0.405. The number of amides is 1. The van der Waals surface area contributed by atoms with Gasteiger partial charge in [0.1, 0.15) is 11.8 Å². The molecule has 0 aromatic heterocycles. The molecule has 1 saturated heterocycles. The maximum absolute atomic E-state index is 12.9. The molecule has 5 heteroatoms. The number of benzene rings is 1. The first-order chi connectivity index (χ1) is 12.6. The molecular weight excluding hydrogens is 330 g/mol. The molecule has 142 valence electrons. The molecule has 0 N–H and O–H groups in total. The van der Waals surface area contributed by atoms with E-state index in [9.17, 15) is 9.59 Å². The highest BCUT2D eigenvalue weighted by Crippen LogP contribution is 2.40. The van der Waals surface area contributed by atoms with Crippen LogP contribution in [-0.2, 0) is 14.3 Å². The van der Waals surface area contributed by atoms with E-state index in [0.29, 0.717) is 25.4 Å². The Labute approximate surface area is 155 Å². The Kier molecular flexibility index (Phi) is 6.17. The monoisotopic (exact) mass is 359 g/mol. The summed E-state index contributed by atoms with van der Waals surface area (Å²) in [6, 6.07) is 7.68. The maximum atomic E-state index is 12.9. The Balaban J connectivity index is 1.56. The van der Waals surface area contributed by atoms with Crippen molar-refractivity contribution in [2.75, 3.05) is 13.7 Å². The molecule has 0 bridgehead atoms. The smallest absolute Gasteiger partial charge is 0.328 e. The average Bonchev–Trinajstić information content (AvgIpc) is 3.05. The summed E-state index contributed by atoms with van der Waals surface area (Å²) in [7, 11) is 1.41. The van der Waals surface area contributed by atoms with Crippen molar-refractivity contribution < 1.29 is 19.1 Å². The van der Waals surface area contributed by atoms with Gasteiger partial charge in [0.2, 0.25) is 5.91 Å². The molecule has 1 saturated carbocycles. The third-order valence-electron chi connectivity index (χ3n) is 5.74. The number of likely N-dealkylation sites (tertiary alicyclic amines) is 1. The summed E-state index contributed by atoms with van der Waals surface area (Å²) in [4.78, 5) is 26.9. The molecule has 2 aliphatic rings. The zero-order valence-corrected chi connectivity index (χ0v) is 15.8. The largest absolute Gasteiger partial charge is 0.493 e. The molecule has 3 unspecified atom stereocenters. The average molecular weight is 359 g/mol. The Morgan fingerprint density at radius 2 is 1.96 bits per heavy atom. The van der Waals surface area contributed by atoms with Crippen LogP contribution in [0.5, 0.6) is 5.75 Å². The van der Waals surface area contributed by atoms with Gasteiger partial charge in [-0.3, -0.25) is 4.79 Å². The van der Waals surface area contributed by atoms with Crippen LogP contribution in [-0.4, -0.2) is 42.6 Å². The van der Waals surface area contributed by atoms with Gasteiger partial charge in [-0.25, -0.2) is 4.79 Å². The van der Waals surface area contributed by atoms with Crippen molar-refractivity contribution in [1.82, 2.24) is 4.90 Å². The molecule has 1 amide bonds. The molecule has 26 heavy (non-hydrogen) atoms. The van der Waals surface area contributed by atoms with Gasteiger partial charge in [-0.1, -0.05) is 31.0 Å². The van der Waals surface area contributed by atoms with Gasteiger partial charge >= 0.3 is 5.97 Å². The van der Waals surface area contributed by atoms with Crippen molar-refractivity contribution in [3.8, 4) is 5.75 Å². The summed E-state index contributed by atoms with van der Waals surface area (Å²) in [6.45, 7) is 2.51. The summed E-state index contributed by atoms with van der Waals surface area (Å²) in [5, 5.41) is 0. The number of aryl methyl sites for hydroxylation is 1. The van der Waals surface area contributed by atoms with Crippen LogP contribution >= 0.6 is 0 Å². The predicted octanol–water partition coefficient (Wildman–Crippen LogP) is 3.49. The molecule has 1 aromatic carbocycles. The number of nitrogens with zero attached hydrogens (tertiary/aromatic N) is 1. The van der Waals surface area contributed by atoms with Gasteiger partial charge in [0, 0.05) is 12.5 Å². The number of para-hydroxylation sites is 1. The summed E-state index contributed by atoms with van der Waals surface area (Å²) >= 11 is 0. The first-order valence-corrected chi connectivity index (χ1v) is 9.69. The zero-order chi connectivity index (χ0) is 18.5. The lowest BCUT2D eigenvalue weighted by molar-refractivity contribution is -0.152. The van der Waals surface area contributed by atoms with Gasteiger partial charge in [0.05, 0.1) is 13.7 Å². The van der Waals surface area contributed by atoms with Crippen LogP contribution in [0, 0.1) is 12.8 Å². The number of fused-ring (bicyclic) bond motifs is 1.